The lowest BCUT2D eigenvalue weighted by atomic mass is 10.2. The Morgan fingerprint density at radius 1 is 1.33 bits per heavy atom. The molecule has 0 amide bonds. The van der Waals surface area contributed by atoms with Crippen LogP contribution >= 0.6 is 11.8 Å². The highest BCUT2D eigenvalue weighted by molar-refractivity contribution is 8.00. The maximum absolute atomic E-state index is 13.0. The summed E-state index contributed by atoms with van der Waals surface area (Å²) in [7, 11) is 0. The lowest BCUT2D eigenvalue weighted by Gasteiger charge is -2.07. The van der Waals surface area contributed by atoms with E-state index in [1.54, 1.807) is 17.8 Å². The minimum absolute atomic E-state index is 0.111. The summed E-state index contributed by atoms with van der Waals surface area (Å²) in [4.78, 5) is 1.05. The van der Waals surface area contributed by atoms with Crippen LogP contribution in [0, 0.1) is 12.7 Å². The second-order valence-electron chi connectivity index (χ2n) is 3.03. The molecule has 0 unspecified atom stereocenters. The Kier molecular flexibility index (Phi) is 3.15. The average molecular weight is 184 g/mol. The molecule has 0 bridgehead atoms. The molecule has 0 heterocycles. The largest absolute Gasteiger partial charge is 0.207 e. The fourth-order valence-corrected chi connectivity index (χ4v) is 1.91. The first-order valence-corrected chi connectivity index (χ1v) is 4.91. The first-order chi connectivity index (χ1) is 5.61. The van der Waals surface area contributed by atoms with E-state index in [0.717, 1.165) is 10.5 Å². The van der Waals surface area contributed by atoms with E-state index in [2.05, 4.69) is 13.8 Å². The van der Waals surface area contributed by atoms with Gasteiger partial charge in [-0.25, -0.2) is 4.39 Å². The van der Waals surface area contributed by atoms with Gasteiger partial charge in [-0.2, -0.15) is 0 Å². The summed E-state index contributed by atoms with van der Waals surface area (Å²) in [5.41, 5.74) is 0.760. The molecule has 0 fully saturated rings. The van der Waals surface area contributed by atoms with Crippen molar-refractivity contribution in [2.24, 2.45) is 0 Å². The summed E-state index contributed by atoms with van der Waals surface area (Å²) >= 11 is 1.70. The van der Waals surface area contributed by atoms with Gasteiger partial charge in [-0.1, -0.05) is 19.9 Å². The van der Waals surface area contributed by atoms with Gasteiger partial charge in [0.05, 0.1) is 0 Å². The maximum atomic E-state index is 13.0. The predicted molar refractivity (Wildman–Crippen MR) is 52.1 cm³/mol. The Labute approximate surface area is 77.2 Å². The van der Waals surface area contributed by atoms with Crippen molar-refractivity contribution >= 4 is 11.8 Å². The van der Waals surface area contributed by atoms with E-state index in [9.17, 15) is 4.39 Å². The molecule has 0 saturated carbocycles. The monoisotopic (exact) mass is 184 g/mol. The van der Waals surface area contributed by atoms with E-state index in [4.69, 9.17) is 0 Å². The van der Waals surface area contributed by atoms with Crippen molar-refractivity contribution in [2.45, 2.75) is 30.9 Å². The van der Waals surface area contributed by atoms with Crippen LogP contribution in [-0.4, -0.2) is 5.25 Å². The van der Waals surface area contributed by atoms with Crippen LogP contribution in [0.1, 0.15) is 19.4 Å². The fraction of sp³-hybridized carbons (Fsp3) is 0.400. The molecule has 0 atom stereocenters. The van der Waals surface area contributed by atoms with Gasteiger partial charge < -0.3 is 0 Å². The quantitative estimate of drug-likeness (QED) is 0.632. The van der Waals surface area contributed by atoms with E-state index in [1.807, 2.05) is 13.0 Å². The van der Waals surface area contributed by atoms with Crippen molar-refractivity contribution in [3.05, 3.63) is 29.6 Å². The highest BCUT2D eigenvalue weighted by Gasteiger charge is 2.04. The molecule has 0 saturated heterocycles. The Hall–Kier alpha value is -0.500. The summed E-state index contributed by atoms with van der Waals surface area (Å²) in [6, 6.07) is 5.22. The third-order valence-electron chi connectivity index (χ3n) is 1.58. The highest BCUT2D eigenvalue weighted by atomic mass is 32.2. The summed E-state index contributed by atoms with van der Waals surface area (Å²) in [6.07, 6.45) is 0. The summed E-state index contributed by atoms with van der Waals surface area (Å²) in [5, 5.41) is 0.505. The molecule has 1 aromatic carbocycles. The van der Waals surface area contributed by atoms with Crippen molar-refractivity contribution in [2.75, 3.05) is 0 Å². The van der Waals surface area contributed by atoms with E-state index in [1.165, 1.54) is 6.07 Å². The lowest BCUT2D eigenvalue weighted by Crippen LogP contribution is -1.90. The fourth-order valence-electron chi connectivity index (χ4n) is 0.969. The molecule has 0 aliphatic rings. The SMILES string of the molecule is Cc1c(F)cccc1SC(C)C. The Balaban J connectivity index is 2.92. The Morgan fingerprint density at radius 3 is 2.58 bits per heavy atom. The van der Waals surface area contributed by atoms with Crippen LogP contribution in [0.4, 0.5) is 4.39 Å². The molecule has 0 radical (unpaired) electrons. The molecule has 66 valence electrons. The predicted octanol–water partition coefficient (Wildman–Crippen LogP) is 3.63. The van der Waals surface area contributed by atoms with Gasteiger partial charge in [0.15, 0.2) is 0 Å². The van der Waals surface area contributed by atoms with Crippen LogP contribution < -0.4 is 0 Å². The van der Waals surface area contributed by atoms with Gasteiger partial charge in [0.25, 0.3) is 0 Å². The van der Waals surface area contributed by atoms with Gasteiger partial charge in [-0.3, -0.25) is 0 Å². The van der Waals surface area contributed by atoms with Gasteiger partial charge in [-0.15, -0.1) is 11.8 Å². The second kappa shape index (κ2) is 3.94. The standard InChI is InChI=1S/C10H13FS/c1-7(2)12-10-6-4-5-9(11)8(10)3/h4-7H,1-3H3. The third-order valence-corrected chi connectivity index (χ3v) is 2.75. The van der Waals surface area contributed by atoms with E-state index >= 15 is 0 Å². The molecule has 0 nitrogen and oxygen atoms in total. The normalized spacial score (nSPS) is 10.8. The van der Waals surface area contributed by atoms with Crippen molar-refractivity contribution in [3.63, 3.8) is 0 Å². The van der Waals surface area contributed by atoms with Crippen molar-refractivity contribution in [1.82, 2.24) is 0 Å². The van der Waals surface area contributed by atoms with E-state index in [0.29, 0.717) is 5.25 Å². The summed E-state index contributed by atoms with van der Waals surface area (Å²) < 4.78 is 13.0. The summed E-state index contributed by atoms with van der Waals surface area (Å²) in [6.45, 7) is 6.03. The number of halogens is 1. The number of rotatable bonds is 2. The van der Waals surface area contributed by atoms with Crippen molar-refractivity contribution in [1.29, 1.82) is 0 Å². The smallest absolute Gasteiger partial charge is 0.127 e. The van der Waals surface area contributed by atoms with Crippen LogP contribution in [0.25, 0.3) is 0 Å². The molecular formula is C10H13FS. The van der Waals surface area contributed by atoms with Crippen LogP contribution in [0.15, 0.2) is 23.1 Å². The zero-order valence-electron chi connectivity index (χ0n) is 7.60. The van der Waals surface area contributed by atoms with Crippen LogP contribution in [-0.2, 0) is 0 Å². The van der Waals surface area contributed by atoms with Crippen molar-refractivity contribution in [3.8, 4) is 0 Å². The highest BCUT2D eigenvalue weighted by Crippen LogP contribution is 2.27. The molecule has 1 rings (SSSR count). The minimum atomic E-state index is -0.111. The minimum Gasteiger partial charge on any atom is -0.207 e. The van der Waals surface area contributed by atoms with Gasteiger partial charge >= 0.3 is 0 Å². The molecule has 0 aromatic heterocycles. The molecular weight excluding hydrogens is 171 g/mol. The zero-order chi connectivity index (χ0) is 9.14. The maximum Gasteiger partial charge on any atom is 0.127 e. The number of hydrogen-bond acceptors (Lipinski definition) is 1. The average Bonchev–Trinajstić information content (AvgIpc) is 1.98. The number of benzene rings is 1. The Bertz CT molecular complexity index is 269. The first-order valence-electron chi connectivity index (χ1n) is 4.03. The van der Waals surface area contributed by atoms with Crippen molar-refractivity contribution < 1.29 is 4.39 Å². The van der Waals surface area contributed by atoms with Gasteiger partial charge in [0.1, 0.15) is 5.82 Å². The third kappa shape index (κ3) is 2.24. The van der Waals surface area contributed by atoms with Gasteiger partial charge in [0.2, 0.25) is 0 Å². The second-order valence-corrected chi connectivity index (χ2v) is 4.65. The molecule has 12 heavy (non-hydrogen) atoms. The topological polar surface area (TPSA) is 0 Å². The van der Waals surface area contributed by atoms with Gasteiger partial charge in [-0.05, 0) is 24.6 Å². The zero-order valence-corrected chi connectivity index (χ0v) is 8.41. The molecule has 0 aliphatic carbocycles. The van der Waals surface area contributed by atoms with E-state index < -0.39 is 0 Å². The van der Waals surface area contributed by atoms with E-state index in [-0.39, 0.29) is 5.82 Å². The number of hydrogen-bond donors (Lipinski definition) is 0. The molecule has 0 N–H and O–H groups in total. The summed E-state index contributed by atoms with van der Waals surface area (Å²) in [5.74, 6) is -0.111. The van der Waals surface area contributed by atoms with Crippen LogP contribution in [0.5, 0.6) is 0 Å². The number of thioether (sulfide) groups is 1. The molecule has 1 aromatic rings. The first kappa shape index (κ1) is 9.59. The molecule has 2 heteroatoms. The Morgan fingerprint density at radius 2 is 2.00 bits per heavy atom. The van der Waals surface area contributed by atoms with Gasteiger partial charge in [0, 0.05) is 10.1 Å². The molecule has 0 aliphatic heterocycles. The molecule has 0 spiro atoms. The van der Waals surface area contributed by atoms with Crippen LogP contribution in [0.2, 0.25) is 0 Å². The van der Waals surface area contributed by atoms with Crippen LogP contribution in [0.3, 0.4) is 0 Å². The lowest BCUT2D eigenvalue weighted by molar-refractivity contribution is 0.613.